The molecule has 2 aliphatic rings. The molecule has 37 heavy (non-hydrogen) atoms. The molecule has 0 bridgehead atoms. The summed E-state index contributed by atoms with van der Waals surface area (Å²) in [4.78, 5) is 25.9. The van der Waals surface area contributed by atoms with Gasteiger partial charge in [0.05, 0.1) is 10.5 Å². The van der Waals surface area contributed by atoms with Crippen molar-refractivity contribution in [3.05, 3.63) is 29.8 Å². The Balaban J connectivity index is 1.71. The lowest BCUT2D eigenvalue weighted by molar-refractivity contribution is -0.137. The van der Waals surface area contributed by atoms with Gasteiger partial charge in [-0.1, -0.05) is 19.9 Å². The van der Waals surface area contributed by atoms with E-state index in [0.29, 0.717) is 18.9 Å². The topological polar surface area (TPSA) is 107 Å². The normalized spacial score (nSPS) is 23.6. The van der Waals surface area contributed by atoms with E-state index >= 15 is 0 Å². The predicted molar refractivity (Wildman–Crippen MR) is 131 cm³/mol. The Morgan fingerprint density at radius 3 is 2.35 bits per heavy atom. The second-order valence-electron chi connectivity index (χ2n) is 11.4. The van der Waals surface area contributed by atoms with E-state index < -0.39 is 44.3 Å². The highest BCUT2D eigenvalue weighted by Gasteiger charge is 2.47. The highest BCUT2D eigenvalue weighted by molar-refractivity contribution is 7.89. The summed E-state index contributed by atoms with van der Waals surface area (Å²) >= 11 is 0. The van der Waals surface area contributed by atoms with E-state index in [4.69, 9.17) is 0 Å². The molecule has 1 saturated heterocycles. The third-order valence-electron chi connectivity index (χ3n) is 7.39. The first-order valence-corrected chi connectivity index (χ1v) is 13.9. The van der Waals surface area contributed by atoms with Crippen molar-refractivity contribution in [3.63, 3.8) is 0 Å². The SMILES string of the molecule is CC(C)[C@@H](CC(=O)NC1CC[C@H]2CN(S(=O)(=O)c3cccc(C(F)(F)F)c3)CC12)N(C(=O)O)C(C)(C)C. The smallest absolute Gasteiger partial charge is 0.416 e. The number of benzene rings is 1. The van der Waals surface area contributed by atoms with Gasteiger partial charge in [0.25, 0.3) is 0 Å². The summed E-state index contributed by atoms with van der Waals surface area (Å²) in [5, 5.41) is 12.8. The summed E-state index contributed by atoms with van der Waals surface area (Å²) in [6.45, 7) is 9.32. The predicted octanol–water partition coefficient (Wildman–Crippen LogP) is 4.41. The third kappa shape index (κ3) is 6.39. The van der Waals surface area contributed by atoms with Crippen molar-refractivity contribution in [3.8, 4) is 0 Å². The van der Waals surface area contributed by atoms with Crippen LogP contribution in [0.2, 0.25) is 0 Å². The highest BCUT2D eigenvalue weighted by Crippen LogP contribution is 2.41. The Labute approximate surface area is 216 Å². The van der Waals surface area contributed by atoms with Crippen molar-refractivity contribution in [1.29, 1.82) is 0 Å². The first-order valence-electron chi connectivity index (χ1n) is 12.4. The number of hydrogen-bond donors (Lipinski definition) is 2. The second-order valence-corrected chi connectivity index (χ2v) is 13.3. The maximum atomic E-state index is 13.1. The van der Waals surface area contributed by atoms with Gasteiger partial charge in [0, 0.05) is 37.1 Å². The van der Waals surface area contributed by atoms with E-state index in [1.165, 1.54) is 9.21 Å². The Morgan fingerprint density at radius 1 is 1.16 bits per heavy atom. The molecule has 2 amide bonds. The molecule has 1 aliphatic carbocycles. The van der Waals surface area contributed by atoms with Crippen LogP contribution in [0.25, 0.3) is 0 Å². The Morgan fingerprint density at radius 2 is 1.81 bits per heavy atom. The van der Waals surface area contributed by atoms with Gasteiger partial charge < -0.3 is 10.4 Å². The van der Waals surface area contributed by atoms with Crippen molar-refractivity contribution in [2.45, 2.75) is 82.6 Å². The minimum Gasteiger partial charge on any atom is -0.465 e. The van der Waals surface area contributed by atoms with Crippen LogP contribution < -0.4 is 5.32 Å². The van der Waals surface area contributed by atoms with Crippen LogP contribution in [0.1, 0.15) is 59.4 Å². The van der Waals surface area contributed by atoms with Crippen LogP contribution in [0.3, 0.4) is 0 Å². The monoisotopic (exact) mass is 547 g/mol. The lowest BCUT2D eigenvalue weighted by Gasteiger charge is -2.41. The molecule has 12 heteroatoms. The fourth-order valence-corrected chi connectivity index (χ4v) is 7.17. The zero-order chi connectivity index (χ0) is 27.9. The van der Waals surface area contributed by atoms with Gasteiger partial charge in [0.1, 0.15) is 0 Å². The second kappa shape index (κ2) is 10.4. The largest absolute Gasteiger partial charge is 0.465 e. The zero-order valence-electron chi connectivity index (χ0n) is 21.7. The number of amides is 2. The van der Waals surface area contributed by atoms with Gasteiger partial charge in [-0.15, -0.1) is 0 Å². The van der Waals surface area contributed by atoms with Crippen molar-refractivity contribution >= 4 is 22.0 Å². The molecule has 1 aliphatic heterocycles. The lowest BCUT2D eigenvalue weighted by Crippen LogP contribution is -2.55. The van der Waals surface area contributed by atoms with Gasteiger partial charge in [-0.25, -0.2) is 13.2 Å². The number of fused-ring (bicyclic) bond motifs is 1. The molecule has 2 fully saturated rings. The number of hydrogen-bond acceptors (Lipinski definition) is 4. The summed E-state index contributed by atoms with van der Waals surface area (Å²) in [5.41, 5.74) is -1.73. The van der Waals surface area contributed by atoms with Gasteiger partial charge in [0.15, 0.2) is 0 Å². The third-order valence-corrected chi connectivity index (χ3v) is 9.22. The van der Waals surface area contributed by atoms with Crippen molar-refractivity contribution in [2.24, 2.45) is 17.8 Å². The van der Waals surface area contributed by atoms with Gasteiger partial charge in [-0.05, 0) is 69.6 Å². The van der Waals surface area contributed by atoms with Gasteiger partial charge in [0.2, 0.25) is 15.9 Å². The average Bonchev–Trinajstić information content (AvgIpc) is 3.34. The summed E-state index contributed by atoms with van der Waals surface area (Å²) in [6, 6.07) is 2.89. The quantitative estimate of drug-likeness (QED) is 0.526. The van der Waals surface area contributed by atoms with Gasteiger partial charge in [-0.2, -0.15) is 17.5 Å². The number of halogens is 3. The highest BCUT2D eigenvalue weighted by atomic mass is 32.2. The Bertz CT molecular complexity index is 1120. The van der Waals surface area contributed by atoms with Crippen LogP contribution in [0.5, 0.6) is 0 Å². The lowest BCUT2D eigenvalue weighted by atomic mass is 9.93. The number of carbonyl (C=O) groups excluding carboxylic acids is 1. The summed E-state index contributed by atoms with van der Waals surface area (Å²) in [5.74, 6) is -0.604. The van der Waals surface area contributed by atoms with Crippen LogP contribution >= 0.6 is 0 Å². The molecule has 1 aromatic rings. The van der Waals surface area contributed by atoms with E-state index in [9.17, 15) is 36.3 Å². The molecule has 3 rings (SSSR count). The van der Waals surface area contributed by atoms with Crippen molar-refractivity contribution < 1.29 is 36.3 Å². The van der Waals surface area contributed by atoms with Crippen LogP contribution in [0.4, 0.5) is 18.0 Å². The molecular weight excluding hydrogens is 511 g/mol. The van der Waals surface area contributed by atoms with Crippen LogP contribution in [-0.2, 0) is 21.0 Å². The van der Waals surface area contributed by atoms with Crippen LogP contribution in [-0.4, -0.2) is 65.4 Å². The Kier molecular flexibility index (Phi) is 8.24. The molecule has 208 valence electrons. The number of carbonyl (C=O) groups is 2. The minimum atomic E-state index is -4.65. The first-order chi connectivity index (χ1) is 16.9. The van der Waals surface area contributed by atoms with E-state index in [-0.39, 0.29) is 49.2 Å². The zero-order valence-corrected chi connectivity index (χ0v) is 22.6. The molecule has 8 nitrogen and oxygen atoms in total. The molecule has 1 saturated carbocycles. The standard InChI is InChI=1S/C25H36F3N3O5S/c1-15(2)21(31(23(33)34)24(3,4)5)12-22(32)29-20-10-9-16-13-30(14-19(16)20)37(35,36)18-8-6-7-17(11-18)25(26,27)28/h6-8,11,15-16,19-21H,9-10,12-14H2,1-5H3,(H,29,32)(H,33,34)/t16-,19?,20?,21+/m0/s1. The molecule has 2 unspecified atom stereocenters. The maximum Gasteiger partial charge on any atom is 0.416 e. The number of rotatable bonds is 7. The van der Waals surface area contributed by atoms with Gasteiger partial charge in [-0.3, -0.25) is 9.69 Å². The van der Waals surface area contributed by atoms with Crippen LogP contribution in [0.15, 0.2) is 29.2 Å². The fraction of sp³-hybridized carbons (Fsp3) is 0.680. The van der Waals surface area contributed by atoms with E-state index in [1.807, 2.05) is 13.8 Å². The molecular formula is C25H36F3N3O5S. The number of alkyl halides is 3. The number of carboxylic acid groups (broad SMARTS) is 1. The first kappa shape index (κ1) is 29.2. The summed E-state index contributed by atoms with van der Waals surface area (Å²) in [7, 11) is -4.13. The van der Waals surface area contributed by atoms with Crippen molar-refractivity contribution in [2.75, 3.05) is 13.1 Å². The van der Waals surface area contributed by atoms with E-state index in [1.54, 1.807) is 20.8 Å². The maximum absolute atomic E-state index is 13.1. The molecule has 2 N–H and O–H groups in total. The van der Waals surface area contributed by atoms with E-state index in [0.717, 1.165) is 18.2 Å². The number of nitrogens with one attached hydrogen (secondary N) is 1. The average molecular weight is 548 g/mol. The fourth-order valence-electron chi connectivity index (χ4n) is 5.59. The molecule has 0 spiro atoms. The number of nitrogens with zero attached hydrogens (tertiary/aromatic N) is 2. The summed E-state index contributed by atoms with van der Waals surface area (Å²) < 4.78 is 66.8. The molecule has 1 aromatic carbocycles. The molecule has 0 aromatic heterocycles. The molecule has 4 atom stereocenters. The summed E-state index contributed by atoms with van der Waals surface area (Å²) in [6.07, 6.45) is -4.44. The molecule has 0 radical (unpaired) electrons. The minimum absolute atomic E-state index is 0.0168. The van der Waals surface area contributed by atoms with Gasteiger partial charge >= 0.3 is 12.3 Å². The van der Waals surface area contributed by atoms with E-state index in [2.05, 4.69) is 5.32 Å². The molecule has 1 heterocycles. The number of sulfonamides is 1. The van der Waals surface area contributed by atoms with Crippen LogP contribution in [0, 0.1) is 17.8 Å². The van der Waals surface area contributed by atoms with Crippen molar-refractivity contribution in [1.82, 2.24) is 14.5 Å². The Hall–Kier alpha value is -2.34.